The molecule has 0 aliphatic rings. The van der Waals surface area contributed by atoms with Crippen LogP contribution in [0.2, 0.25) is 0 Å². The monoisotopic (exact) mass is 141 g/mol. The van der Waals surface area contributed by atoms with Crippen molar-refractivity contribution in [1.29, 1.82) is 0 Å². The van der Waals surface area contributed by atoms with Crippen LogP contribution in [0, 0.1) is 0 Å². The molecule has 0 radical (unpaired) electrons. The van der Waals surface area contributed by atoms with Gasteiger partial charge in [-0.3, -0.25) is 4.57 Å². The third-order valence-electron chi connectivity index (χ3n) is 0.990. The van der Waals surface area contributed by atoms with Gasteiger partial charge in [-0.1, -0.05) is 7.43 Å². The first-order chi connectivity index (χ1) is 4.34. The Morgan fingerprint density at radius 1 is 1.40 bits per heavy atom. The lowest BCUT2D eigenvalue weighted by atomic mass is 10.7. The zero-order valence-electron chi connectivity index (χ0n) is 5.07. The number of hydrogen-bond acceptors (Lipinski definition) is 2. The van der Waals surface area contributed by atoms with E-state index in [1.54, 1.807) is 24.5 Å². The van der Waals surface area contributed by atoms with Crippen LogP contribution >= 0.6 is 0 Å². The Kier molecular flexibility index (Phi) is 3.25. The molecular formula is C7H11NO2. The summed E-state index contributed by atoms with van der Waals surface area (Å²) in [7, 11) is 1.35. The van der Waals surface area contributed by atoms with Crippen molar-refractivity contribution in [2.75, 3.05) is 7.11 Å². The zero-order valence-corrected chi connectivity index (χ0v) is 5.07. The van der Waals surface area contributed by atoms with Gasteiger partial charge in [-0.15, -0.1) is 0 Å². The summed E-state index contributed by atoms with van der Waals surface area (Å²) in [4.78, 5) is 10.6. The normalized spacial score (nSPS) is 8.10. The fourth-order valence-corrected chi connectivity index (χ4v) is 0.562. The van der Waals surface area contributed by atoms with E-state index in [4.69, 9.17) is 0 Å². The summed E-state index contributed by atoms with van der Waals surface area (Å²) in [6, 6.07) is 3.52. The highest BCUT2D eigenvalue weighted by molar-refractivity contribution is 5.70. The predicted octanol–water partition coefficient (Wildman–Crippen LogP) is 1.74. The molecule has 0 aromatic carbocycles. The van der Waals surface area contributed by atoms with E-state index in [0.717, 1.165) is 0 Å². The van der Waals surface area contributed by atoms with Crippen LogP contribution in [0.1, 0.15) is 7.43 Å². The van der Waals surface area contributed by atoms with Crippen LogP contribution in [-0.4, -0.2) is 17.8 Å². The van der Waals surface area contributed by atoms with E-state index >= 15 is 0 Å². The molecule has 0 unspecified atom stereocenters. The van der Waals surface area contributed by atoms with Gasteiger partial charge in [0.25, 0.3) is 0 Å². The Morgan fingerprint density at radius 3 is 2.30 bits per heavy atom. The molecular weight excluding hydrogens is 130 g/mol. The van der Waals surface area contributed by atoms with Gasteiger partial charge in [-0.2, -0.15) is 0 Å². The predicted molar refractivity (Wildman–Crippen MR) is 39.0 cm³/mol. The molecule has 1 aromatic heterocycles. The van der Waals surface area contributed by atoms with Gasteiger partial charge in [-0.05, 0) is 12.1 Å². The largest absolute Gasteiger partial charge is 0.452 e. The molecule has 0 aliphatic heterocycles. The average Bonchev–Trinajstić information content (AvgIpc) is 2.37. The number of methoxy groups -OCH3 is 1. The van der Waals surface area contributed by atoms with E-state index in [9.17, 15) is 4.79 Å². The first-order valence-electron chi connectivity index (χ1n) is 2.56. The Morgan fingerprint density at radius 2 is 1.90 bits per heavy atom. The lowest BCUT2D eigenvalue weighted by Gasteiger charge is -1.95. The molecule has 3 nitrogen and oxygen atoms in total. The van der Waals surface area contributed by atoms with E-state index < -0.39 is 0 Å². The molecule has 1 aromatic rings. The molecule has 0 saturated carbocycles. The highest BCUT2D eigenvalue weighted by atomic mass is 16.5. The zero-order chi connectivity index (χ0) is 6.69. The van der Waals surface area contributed by atoms with Crippen molar-refractivity contribution >= 4 is 6.09 Å². The van der Waals surface area contributed by atoms with Crippen LogP contribution in [0.4, 0.5) is 4.79 Å². The molecule has 0 amide bonds. The van der Waals surface area contributed by atoms with E-state index in [2.05, 4.69) is 4.74 Å². The van der Waals surface area contributed by atoms with Gasteiger partial charge in [0.2, 0.25) is 0 Å². The molecule has 1 heterocycles. The molecule has 10 heavy (non-hydrogen) atoms. The highest BCUT2D eigenvalue weighted by Crippen LogP contribution is 1.89. The topological polar surface area (TPSA) is 31.2 Å². The number of rotatable bonds is 0. The van der Waals surface area contributed by atoms with Crippen molar-refractivity contribution < 1.29 is 9.53 Å². The van der Waals surface area contributed by atoms with Crippen LogP contribution in [0.25, 0.3) is 0 Å². The molecule has 0 spiro atoms. The second-order valence-electron chi connectivity index (χ2n) is 1.56. The summed E-state index contributed by atoms with van der Waals surface area (Å²) < 4.78 is 5.78. The number of carbonyl (C=O) groups excluding carboxylic acids is 1. The first kappa shape index (κ1) is 8.75. The Bertz CT molecular complexity index is 191. The Labute approximate surface area is 60.2 Å². The summed E-state index contributed by atoms with van der Waals surface area (Å²) in [6.45, 7) is 0. The summed E-state index contributed by atoms with van der Waals surface area (Å²) in [6.07, 6.45) is 2.90. The highest BCUT2D eigenvalue weighted by Gasteiger charge is 1.97. The van der Waals surface area contributed by atoms with Crippen LogP contribution in [0.15, 0.2) is 24.5 Å². The van der Waals surface area contributed by atoms with Crippen molar-refractivity contribution in [3.05, 3.63) is 24.5 Å². The van der Waals surface area contributed by atoms with Crippen molar-refractivity contribution in [3.8, 4) is 0 Å². The second kappa shape index (κ2) is 3.71. The maximum atomic E-state index is 10.6. The standard InChI is InChI=1S/C6H7NO2.CH4/c1-9-6(8)7-4-2-3-5-7;/h2-5H,1H3;1H4. The van der Waals surface area contributed by atoms with Gasteiger partial charge in [-0.25, -0.2) is 4.79 Å². The van der Waals surface area contributed by atoms with Crippen LogP contribution in [0.5, 0.6) is 0 Å². The minimum Gasteiger partial charge on any atom is -0.452 e. The minimum atomic E-state index is -0.361. The number of carbonyl (C=O) groups is 1. The molecule has 56 valence electrons. The molecule has 3 heteroatoms. The lowest BCUT2D eigenvalue weighted by molar-refractivity contribution is 0.173. The van der Waals surface area contributed by atoms with Gasteiger partial charge in [0.05, 0.1) is 7.11 Å². The molecule has 0 N–H and O–H groups in total. The fraction of sp³-hybridized carbons (Fsp3) is 0.286. The summed E-state index contributed by atoms with van der Waals surface area (Å²) >= 11 is 0. The fourth-order valence-electron chi connectivity index (χ4n) is 0.562. The number of aromatic nitrogens is 1. The van der Waals surface area contributed by atoms with Crippen molar-refractivity contribution in [2.24, 2.45) is 0 Å². The second-order valence-corrected chi connectivity index (χ2v) is 1.56. The van der Waals surface area contributed by atoms with E-state index in [1.165, 1.54) is 11.7 Å². The lowest BCUT2D eigenvalue weighted by Crippen LogP contribution is -2.07. The molecule has 1 rings (SSSR count). The molecule has 0 aliphatic carbocycles. The van der Waals surface area contributed by atoms with Gasteiger partial charge < -0.3 is 4.74 Å². The molecule has 0 atom stereocenters. The molecule has 0 fully saturated rings. The number of nitrogens with zero attached hydrogens (tertiary/aromatic N) is 1. The van der Waals surface area contributed by atoms with Crippen molar-refractivity contribution in [1.82, 2.24) is 4.57 Å². The van der Waals surface area contributed by atoms with Gasteiger partial charge >= 0.3 is 6.09 Å². The maximum absolute atomic E-state index is 10.6. The third-order valence-corrected chi connectivity index (χ3v) is 0.990. The van der Waals surface area contributed by atoms with Crippen LogP contribution in [-0.2, 0) is 4.74 Å². The smallest absolute Gasteiger partial charge is 0.417 e. The Hall–Kier alpha value is -1.25. The summed E-state index contributed by atoms with van der Waals surface area (Å²) in [5.41, 5.74) is 0. The maximum Gasteiger partial charge on any atom is 0.417 e. The Balaban J connectivity index is 0.000000810. The number of hydrogen-bond donors (Lipinski definition) is 0. The summed E-state index contributed by atoms with van der Waals surface area (Å²) in [5, 5.41) is 0. The minimum absolute atomic E-state index is 0. The van der Waals surface area contributed by atoms with E-state index in [-0.39, 0.29) is 13.5 Å². The van der Waals surface area contributed by atoms with Crippen molar-refractivity contribution in [3.63, 3.8) is 0 Å². The SMILES string of the molecule is C.COC(=O)n1cccc1. The van der Waals surface area contributed by atoms with Crippen molar-refractivity contribution in [2.45, 2.75) is 7.43 Å². The first-order valence-corrected chi connectivity index (χ1v) is 2.56. The van der Waals surface area contributed by atoms with Gasteiger partial charge in [0.1, 0.15) is 0 Å². The van der Waals surface area contributed by atoms with Gasteiger partial charge in [0.15, 0.2) is 0 Å². The average molecular weight is 141 g/mol. The van der Waals surface area contributed by atoms with Crippen LogP contribution < -0.4 is 0 Å². The number of ether oxygens (including phenoxy) is 1. The van der Waals surface area contributed by atoms with E-state index in [1.807, 2.05) is 0 Å². The van der Waals surface area contributed by atoms with Crippen LogP contribution in [0.3, 0.4) is 0 Å². The van der Waals surface area contributed by atoms with E-state index in [0.29, 0.717) is 0 Å². The summed E-state index contributed by atoms with van der Waals surface area (Å²) in [5.74, 6) is 0. The molecule has 0 saturated heterocycles. The quantitative estimate of drug-likeness (QED) is 0.551. The molecule has 0 bridgehead atoms. The third kappa shape index (κ3) is 1.62. The van der Waals surface area contributed by atoms with Gasteiger partial charge in [0, 0.05) is 12.4 Å².